The van der Waals surface area contributed by atoms with Crippen molar-refractivity contribution in [1.29, 1.82) is 0 Å². The second-order valence-corrected chi connectivity index (χ2v) is 22.5. The van der Waals surface area contributed by atoms with Crippen molar-refractivity contribution in [3.63, 3.8) is 0 Å². The van der Waals surface area contributed by atoms with Crippen molar-refractivity contribution in [3.8, 4) is 0 Å². The smallest absolute Gasteiger partial charge is 0.462 e. The summed E-state index contributed by atoms with van der Waals surface area (Å²) in [5.74, 6) is -0.799. The maximum atomic E-state index is 12.8. The van der Waals surface area contributed by atoms with Crippen molar-refractivity contribution in [1.82, 2.24) is 0 Å². The second-order valence-electron chi connectivity index (χ2n) is 21.0. The van der Waals surface area contributed by atoms with Gasteiger partial charge in [-0.15, -0.1) is 0 Å². The zero-order valence-corrected chi connectivity index (χ0v) is 48.3. The van der Waals surface area contributed by atoms with E-state index in [9.17, 15) is 19.0 Å². The van der Waals surface area contributed by atoms with Gasteiger partial charge in [-0.3, -0.25) is 18.6 Å². The average molecular weight is 1030 g/mol. The Kier molecular flexibility index (Phi) is 51.4. The van der Waals surface area contributed by atoms with Crippen LogP contribution in [-0.2, 0) is 32.7 Å². The monoisotopic (exact) mass is 1030 g/mol. The van der Waals surface area contributed by atoms with Gasteiger partial charge >= 0.3 is 19.8 Å². The van der Waals surface area contributed by atoms with E-state index in [0.717, 1.165) is 70.6 Å². The summed E-state index contributed by atoms with van der Waals surface area (Å²) in [6.45, 7) is 4.33. The number of allylic oxidation sites excluding steroid dienone is 12. The van der Waals surface area contributed by atoms with Crippen molar-refractivity contribution in [2.75, 3.05) is 47.5 Å². The lowest BCUT2D eigenvalue weighted by atomic mass is 10.0. The number of phosphoric ester groups is 1. The van der Waals surface area contributed by atoms with E-state index in [1.807, 2.05) is 21.1 Å². The molecule has 0 aliphatic carbocycles. The molecule has 0 aromatic rings. The number of quaternary nitrogens is 1. The molecule has 2 unspecified atom stereocenters. The van der Waals surface area contributed by atoms with Gasteiger partial charge in [0.1, 0.15) is 19.8 Å². The number of likely N-dealkylation sites (N-methyl/N-ethyl adjacent to an activating group) is 1. The highest BCUT2D eigenvalue weighted by molar-refractivity contribution is 7.47. The van der Waals surface area contributed by atoms with Crippen molar-refractivity contribution < 1.29 is 42.1 Å². The Bertz CT molecular complexity index is 1450. The number of unbranched alkanes of at least 4 members (excludes halogenated alkanes) is 28. The van der Waals surface area contributed by atoms with Gasteiger partial charge in [0.25, 0.3) is 0 Å². The number of carbonyl (C=O) groups excluding carboxylic acids is 2. The molecule has 9 nitrogen and oxygen atoms in total. The van der Waals surface area contributed by atoms with E-state index in [1.54, 1.807) is 0 Å². The van der Waals surface area contributed by atoms with Gasteiger partial charge in [-0.05, 0) is 83.5 Å². The van der Waals surface area contributed by atoms with E-state index in [-0.39, 0.29) is 32.0 Å². The van der Waals surface area contributed by atoms with Gasteiger partial charge in [0.05, 0.1) is 27.7 Å². The Morgan fingerprint density at radius 2 is 0.792 bits per heavy atom. The molecule has 0 bridgehead atoms. The molecule has 0 spiro atoms. The Balaban J connectivity index is 4.17. The summed E-state index contributed by atoms with van der Waals surface area (Å²) in [5, 5.41) is 0. The van der Waals surface area contributed by atoms with E-state index in [0.29, 0.717) is 17.4 Å². The van der Waals surface area contributed by atoms with Gasteiger partial charge in [-0.1, -0.05) is 234 Å². The number of phosphoric acid groups is 1. The van der Waals surface area contributed by atoms with Gasteiger partial charge in [0, 0.05) is 12.8 Å². The minimum Gasteiger partial charge on any atom is -0.462 e. The van der Waals surface area contributed by atoms with Gasteiger partial charge in [0.15, 0.2) is 6.10 Å². The zero-order chi connectivity index (χ0) is 52.7. The highest BCUT2D eigenvalue weighted by atomic mass is 31.2. The quantitative estimate of drug-likeness (QED) is 0.0211. The predicted octanol–water partition coefficient (Wildman–Crippen LogP) is 18.5. The van der Waals surface area contributed by atoms with Crippen molar-refractivity contribution >= 4 is 19.8 Å². The van der Waals surface area contributed by atoms with Crippen LogP contribution >= 0.6 is 7.82 Å². The van der Waals surface area contributed by atoms with Crippen LogP contribution in [0.2, 0.25) is 0 Å². The van der Waals surface area contributed by atoms with E-state index in [2.05, 4.69) is 86.8 Å². The standard InChI is InChI=1S/C62H112NO8P/c1-6-8-10-12-14-16-18-20-22-24-26-28-29-30-31-32-33-35-37-39-41-43-45-47-49-51-53-55-62(65)71-60(59-70-72(66,67)69-57-56-63(3,4)5)58-68-61(64)54-52-50-48-46-44-42-40-38-36-34-27-25-23-21-19-17-15-13-11-9-7-2/h8,10,14,16,20,22,25-28,30-31,60H,6-7,9,11-13,15,17-19,21,23-24,29,32-59H2,1-5H3/p+1/b10-8-,16-14-,22-20-,27-25-,28-26-,31-30-. The first-order valence-corrected chi connectivity index (χ1v) is 31.2. The SMILES string of the molecule is CC/C=C\C/C=C\C/C=C\C/C=C\C/C=C\CCCCCCCCCCCCCC(=O)OC(COC(=O)CCCCCCCCCCC/C=C\CCCCCCCCCC)COP(=O)(O)OCC[N+](C)(C)C. The Morgan fingerprint density at radius 3 is 1.19 bits per heavy atom. The number of carbonyl (C=O) groups is 2. The van der Waals surface area contributed by atoms with Crippen LogP contribution in [0.3, 0.4) is 0 Å². The summed E-state index contributed by atoms with van der Waals surface area (Å²) in [6.07, 6.45) is 69.6. The van der Waals surface area contributed by atoms with Crippen LogP contribution in [0.25, 0.3) is 0 Å². The fraction of sp³-hybridized carbons (Fsp3) is 0.774. The first kappa shape index (κ1) is 69.5. The Morgan fingerprint density at radius 1 is 0.444 bits per heavy atom. The molecule has 72 heavy (non-hydrogen) atoms. The third-order valence-corrected chi connectivity index (χ3v) is 13.7. The van der Waals surface area contributed by atoms with E-state index < -0.39 is 26.5 Å². The second kappa shape index (κ2) is 53.3. The van der Waals surface area contributed by atoms with Gasteiger partial charge in [0.2, 0.25) is 0 Å². The minimum absolute atomic E-state index is 0.0288. The Hall–Kier alpha value is -2.55. The van der Waals surface area contributed by atoms with Crippen LogP contribution < -0.4 is 0 Å². The zero-order valence-electron chi connectivity index (χ0n) is 47.4. The molecule has 0 aliphatic rings. The van der Waals surface area contributed by atoms with E-state index >= 15 is 0 Å². The molecule has 0 aromatic carbocycles. The molecular formula is C62H113NO8P+. The molecule has 0 fully saturated rings. The summed E-state index contributed by atoms with van der Waals surface area (Å²) in [6, 6.07) is 0. The summed E-state index contributed by atoms with van der Waals surface area (Å²) >= 11 is 0. The van der Waals surface area contributed by atoms with Crippen LogP contribution in [0.1, 0.15) is 258 Å². The molecule has 418 valence electrons. The average Bonchev–Trinajstić information content (AvgIpc) is 3.34. The van der Waals surface area contributed by atoms with E-state index in [1.165, 1.54) is 154 Å². The van der Waals surface area contributed by atoms with Crippen LogP contribution in [-0.4, -0.2) is 74.9 Å². The lowest BCUT2D eigenvalue weighted by molar-refractivity contribution is -0.870. The Labute approximate surface area is 444 Å². The minimum atomic E-state index is -4.39. The molecule has 1 N–H and O–H groups in total. The summed E-state index contributed by atoms with van der Waals surface area (Å²) in [5.41, 5.74) is 0. The number of rotatable bonds is 54. The fourth-order valence-corrected chi connectivity index (χ4v) is 8.90. The van der Waals surface area contributed by atoms with Gasteiger partial charge in [-0.2, -0.15) is 0 Å². The maximum absolute atomic E-state index is 12.8. The number of hydrogen-bond acceptors (Lipinski definition) is 7. The largest absolute Gasteiger partial charge is 0.472 e. The predicted molar refractivity (Wildman–Crippen MR) is 307 cm³/mol. The number of hydrogen-bond donors (Lipinski definition) is 1. The number of nitrogens with zero attached hydrogens (tertiary/aromatic N) is 1. The third kappa shape index (κ3) is 56.7. The summed E-state index contributed by atoms with van der Waals surface area (Å²) in [7, 11) is 1.47. The molecule has 0 saturated carbocycles. The molecule has 10 heteroatoms. The van der Waals surface area contributed by atoms with Crippen molar-refractivity contribution in [2.24, 2.45) is 0 Å². The lowest BCUT2D eigenvalue weighted by Gasteiger charge is -2.24. The molecule has 0 saturated heterocycles. The topological polar surface area (TPSA) is 108 Å². The third-order valence-electron chi connectivity index (χ3n) is 12.7. The molecule has 0 aromatic heterocycles. The van der Waals surface area contributed by atoms with Crippen LogP contribution in [0, 0.1) is 0 Å². The fourth-order valence-electron chi connectivity index (χ4n) is 8.16. The molecule has 0 radical (unpaired) electrons. The molecule has 0 aliphatic heterocycles. The molecule has 0 heterocycles. The normalized spacial score (nSPS) is 13.8. The molecular weight excluding hydrogens is 918 g/mol. The summed E-state index contributed by atoms with van der Waals surface area (Å²) < 4.78 is 34.6. The van der Waals surface area contributed by atoms with Gasteiger partial charge < -0.3 is 18.9 Å². The van der Waals surface area contributed by atoms with Crippen LogP contribution in [0.4, 0.5) is 0 Å². The molecule has 2 atom stereocenters. The summed E-state index contributed by atoms with van der Waals surface area (Å²) in [4.78, 5) is 35.7. The van der Waals surface area contributed by atoms with Crippen LogP contribution in [0.15, 0.2) is 72.9 Å². The molecule has 0 rings (SSSR count). The van der Waals surface area contributed by atoms with Crippen molar-refractivity contribution in [2.45, 2.75) is 264 Å². The number of ether oxygens (including phenoxy) is 2. The van der Waals surface area contributed by atoms with E-state index in [4.69, 9.17) is 18.5 Å². The lowest BCUT2D eigenvalue weighted by Crippen LogP contribution is -2.37. The van der Waals surface area contributed by atoms with Gasteiger partial charge in [-0.25, -0.2) is 4.57 Å². The maximum Gasteiger partial charge on any atom is 0.472 e. The highest BCUT2D eigenvalue weighted by Gasteiger charge is 2.27. The van der Waals surface area contributed by atoms with Crippen LogP contribution in [0.5, 0.6) is 0 Å². The molecule has 0 amide bonds. The van der Waals surface area contributed by atoms with Crippen molar-refractivity contribution in [3.05, 3.63) is 72.9 Å². The number of esters is 2. The first-order chi connectivity index (χ1) is 35.0. The first-order valence-electron chi connectivity index (χ1n) is 29.7. The highest BCUT2D eigenvalue weighted by Crippen LogP contribution is 2.43.